The van der Waals surface area contributed by atoms with Crippen LogP contribution in [0.3, 0.4) is 0 Å². The van der Waals surface area contributed by atoms with Gasteiger partial charge in [-0.05, 0) is 26.8 Å². The number of nitrogens with two attached hydrogens (primary N) is 1. The van der Waals surface area contributed by atoms with Crippen molar-refractivity contribution in [1.29, 1.82) is 0 Å². The summed E-state index contributed by atoms with van der Waals surface area (Å²) in [5.74, 6) is -0.724. The van der Waals surface area contributed by atoms with Crippen LogP contribution in [0.4, 0.5) is 8.78 Å². The molecular weight excluding hydrogens is 254 g/mol. The molecule has 1 atom stereocenters. The van der Waals surface area contributed by atoms with E-state index >= 15 is 0 Å². The zero-order chi connectivity index (χ0) is 14.6. The third-order valence-corrected chi connectivity index (χ3v) is 2.71. The molecule has 0 spiro atoms. The van der Waals surface area contributed by atoms with Crippen LogP contribution in [0.25, 0.3) is 0 Å². The Kier molecular flexibility index (Phi) is 4.83. The molecule has 0 saturated heterocycles. The summed E-state index contributed by atoms with van der Waals surface area (Å²) in [5, 5.41) is 2.99. The van der Waals surface area contributed by atoms with Gasteiger partial charge in [0.1, 0.15) is 11.3 Å². The molecule has 4 nitrogen and oxygen atoms in total. The van der Waals surface area contributed by atoms with E-state index in [4.69, 9.17) is 5.73 Å². The minimum Gasteiger partial charge on any atom is -0.434 e. The average molecular weight is 272 g/mol. The Morgan fingerprint density at radius 3 is 2.42 bits per heavy atom. The number of alkyl halides is 2. The van der Waals surface area contributed by atoms with Gasteiger partial charge in [-0.1, -0.05) is 18.2 Å². The van der Waals surface area contributed by atoms with Crippen LogP contribution in [0, 0.1) is 0 Å². The van der Waals surface area contributed by atoms with Crippen LogP contribution in [-0.2, 0) is 10.3 Å². The van der Waals surface area contributed by atoms with Gasteiger partial charge in [0, 0.05) is 11.6 Å². The fraction of sp³-hybridized carbons (Fsp3) is 0.462. The zero-order valence-electron chi connectivity index (χ0n) is 11.1. The van der Waals surface area contributed by atoms with E-state index in [1.54, 1.807) is 19.1 Å². The van der Waals surface area contributed by atoms with E-state index in [2.05, 4.69) is 10.1 Å². The summed E-state index contributed by atoms with van der Waals surface area (Å²) < 4.78 is 29.2. The number of halogens is 2. The van der Waals surface area contributed by atoms with E-state index in [1.165, 1.54) is 12.1 Å². The van der Waals surface area contributed by atoms with Gasteiger partial charge in [0.25, 0.3) is 0 Å². The number of para-hydroxylation sites is 1. The molecule has 1 aromatic carbocycles. The number of carbonyl (C=O) groups is 1. The highest BCUT2D eigenvalue weighted by atomic mass is 19.3. The first-order chi connectivity index (χ1) is 8.77. The molecular formula is C13H18F2N2O2. The van der Waals surface area contributed by atoms with Crippen molar-refractivity contribution in [2.75, 3.05) is 0 Å². The Morgan fingerprint density at radius 1 is 1.37 bits per heavy atom. The van der Waals surface area contributed by atoms with Gasteiger partial charge in [-0.15, -0.1) is 0 Å². The van der Waals surface area contributed by atoms with E-state index in [-0.39, 0.29) is 17.4 Å². The molecule has 0 radical (unpaired) electrons. The number of primary amides is 1. The highest BCUT2D eigenvalue weighted by Gasteiger charge is 2.36. The lowest BCUT2D eigenvalue weighted by Gasteiger charge is -2.31. The maximum atomic E-state index is 12.4. The molecule has 0 aliphatic heterocycles. The van der Waals surface area contributed by atoms with Gasteiger partial charge < -0.3 is 10.5 Å². The molecule has 106 valence electrons. The lowest BCUT2D eigenvalue weighted by molar-refractivity contribution is -0.124. The molecule has 6 heteroatoms. The highest BCUT2D eigenvalue weighted by molar-refractivity contribution is 5.86. The van der Waals surface area contributed by atoms with Crippen molar-refractivity contribution in [3.63, 3.8) is 0 Å². The van der Waals surface area contributed by atoms with Crippen LogP contribution in [-0.4, -0.2) is 18.6 Å². The van der Waals surface area contributed by atoms with Gasteiger partial charge in [0.05, 0.1) is 0 Å². The Bertz CT molecular complexity index is 452. The predicted octanol–water partition coefficient (Wildman–Crippen LogP) is 1.99. The first-order valence-electron chi connectivity index (χ1n) is 5.89. The van der Waals surface area contributed by atoms with Crippen molar-refractivity contribution < 1.29 is 18.3 Å². The number of nitrogens with one attached hydrogen (secondary N) is 1. The highest BCUT2D eigenvalue weighted by Crippen LogP contribution is 2.31. The second-order valence-corrected chi connectivity index (χ2v) is 4.66. The maximum absolute atomic E-state index is 12.4. The smallest absolute Gasteiger partial charge is 0.387 e. The molecule has 1 rings (SSSR count). The van der Waals surface area contributed by atoms with E-state index in [1.807, 2.05) is 13.8 Å². The fourth-order valence-electron chi connectivity index (χ4n) is 1.94. The van der Waals surface area contributed by atoms with Crippen LogP contribution in [0.1, 0.15) is 26.3 Å². The van der Waals surface area contributed by atoms with Crippen molar-refractivity contribution >= 4 is 5.91 Å². The molecule has 0 saturated carbocycles. The maximum Gasteiger partial charge on any atom is 0.387 e. The van der Waals surface area contributed by atoms with Gasteiger partial charge in [0.2, 0.25) is 5.91 Å². The second kappa shape index (κ2) is 5.97. The summed E-state index contributed by atoms with van der Waals surface area (Å²) in [6.45, 7) is 2.25. The summed E-state index contributed by atoms with van der Waals surface area (Å²) >= 11 is 0. The zero-order valence-corrected chi connectivity index (χ0v) is 11.1. The Balaban J connectivity index is 3.26. The van der Waals surface area contributed by atoms with Crippen molar-refractivity contribution in [2.45, 2.75) is 39.0 Å². The molecule has 19 heavy (non-hydrogen) atoms. The standard InChI is InChI=1S/C13H18F2N2O2/c1-8(2)17-13(3,11(16)18)9-6-4-5-7-10(9)19-12(14)15/h4-8,12,17H,1-3H3,(H2,16,18). The second-order valence-electron chi connectivity index (χ2n) is 4.66. The van der Waals surface area contributed by atoms with E-state index in [9.17, 15) is 13.6 Å². The molecule has 1 unspecified atom stereocenters. The minimum absolute atomic E-state index is 0.0582. The molecule has 0 aromatic heterocycles. The fourth-order valence-corrected chi connectivity index (χ4v) is 1.94. The van der Waals surface area contributed by atoms with Crippen molar-refractivity contribution in [1.82, 2.24) is 5.32 Å². The first-order valence-corrected chi connectivity index (χ1v) is 5.89. The largest absolute Gasteiger partial charge is 0.434 e. The minimum atomic E-state index is -2.96. The van der Waals surface area contributed by atoms with Crippen molar-refractivity contribution in [3.8, 4) is 5.75 Å². The van der Waals surface area contributed by atoms with Gasteiger partial charge in [-0.25, -0.2) is 0 Å². The van der Waals surface area contributed by atoms with E-state index < -0.39 is 18.1 Å². The molecule has 3 N–H and O–H groups in total. The SMILES string of the molecule is CC(C)NC(C)(C(N)=O)c1ccccc1OC(F)F. The predicted molar refractivity (Wildman–Crippen MR) is 67.9 cm³/mol. The van der Waals surface area contributed by atoms with Gasteiger partial charge in [-0.3, -0.25) is 10.1 Å². The summed E-state index contributed by atoms with van der Waals surface area (Å²) in [5.41, 5.74) is 4.42. The summed E-state index contributed by atoms with van der Waals surface area (Å²) in [6.07, 6.45) is 0. The number of amides is 1. The lowest BCUT2D eigenvalue weighted by atomic mass is 9.89. The first kappa shape index (κ1) is 15.4. The van der Waals surface area contributed by atoms with Crippen LogP contribution in [0.2, 0.25) is 0 Å². The summed E-state index contributed by atoms with van der Waals surface area (Å²) in [7, 11) is 0. The number of ether oxygens (including phenoxy) is 1. The Labute approximate surface area is 110 Å². The van der Waals surface area contributed by atoms with Crippen LogP contribution >= 0.6 is 0 Å². The van der Waals surface area contributed by atoms with Crippen LogP contribution < -0.4 is 15.8 Å². The van der Waals surface area contributed by atoms with Crippen LogP contribution in [0.15, 0.2) is 24.3 Å². The summed E-state index contributed by atoms with van der Waals surface area (Å²) in [4.78, 5) is 11.7. The van der Waals surface area contributed by atoms with Gasteiger partial charge in [-0.2, -0.15) is 8.78 Å². The van der Waals surface area contributed by atoms with Gasteiger partial charge in [0.15, 0.2) is 0 Å². The number of benzene rings is 1. The molecule has 0 bridgehead atoms. The molecule has 1 amide bonds. The van der Waals surface area contributed by atoms with E-state index in [0.717, 1.165) is 0 Å². The average Bonchev–Trinajstić information content (AvgIpc) is 2.27. The molecule has 0 heterocycles. The normalized spacial score (nSPS) is 14.5. The molecule has 1 aromatic rings. The lowest BCUT2D eigenvalue weighted by Crippen LogP contribution is -2.53. The quantitative estimate of drug-likeness (QED) is 0.832. The van der Waals surface area contributed by atoms with Crippen molar-refractivity contribution in [2.24, 2.45) is 5.73 Å². The number of hydrogen-bond donors (Lipinski definition) is 2. The number of carbonyl (C=O) groups excluding carboxylic acids is 1. The van der Waals surface area contributed by atoms with Crippen molar-refractivity contribution in [3.05, 3.63) is 29.8 Å². The van der Waals surface area contributed by atoms with Crippen LogP contribution in [0.5, 0.6) is 5.75 Å². The van der Waals surface area contributed by atoms with Gasteiger partial charge >= 0.3 is 6.61 Å². The third kappa shape index (κ3) is 3.64. The Morgan fingerprint density at radius 2 is 1.95 bits per heavy atom. The number of hydrogen-bond acceptors (Lipinski definition) is 3. The molecule has 0 fully saturated rings. The number of rotatable bonds is 6. The third-order valence-electron chi connectivity index (χ3n) is 2.71. The van der Waals surface area contributed by atoms with E-state index in [0.29, 0.717) is 0 Å². The molecule has 0 aliphatic carbocycles. The Hall–Kier alpha value is -1.69. The monoisotopic (exact) mass is 272 g/mol. The molecule has 0 aliphatic rings. The topological polar surface area (TPSA) is 64.3 Å². The summed E-state index contributed by atoms with van der Waals surface area (Å²) in [6, 6.07) is 6.05.